The maximum atomic E-state index is 6.45. The predicted molar refractivity (Wildman–Crippen MR) is 234 cm³/mol. The first-order valence-corrected chi connectivity index (χ1v) is 19.7. The average Bonchev–Trinajstić information content (AvgIpc) is 3.75. The summed E-state index contributed by atoms with van der Waals surface area (Å²) in [6, 6.07) is 41.3. The summed E-state index contributed by atoms with van der Waals surface area (Å²) < 4.78 is 8.93. The molecule has 7 aromatic rings. The van der Waals surface area contributed by atoms with Gasteiger partial charge >= 0.3 is 0 Å². The van der Waals surface area contributed by atoms with Gasteiger partial charge in [0.05, 0.1) is 11.1 Å². The van der Waals surface area contributed by atoms with E-state index in [4.69, 9.17) is 4.42 Å². The number of aryl methyl sites for hydroxylation is 2. The van der Waals surface area contributed by atoms with Crippen LogP contribution in [0.3, 0.4) is 0 Å². The van der Waals surface area contributed by atoms with Crippen LogP contribution in [0.4, 0.5) is 11.4 Å². The zero-order valence-corrected chi connectivity index (χ0v) is 31.6. The second-order valence-corrected chi connectivity index (χ2v) is 14.6. The van der Waals surface area contributed by atoms with Crippen LogP contribution in [0.25, 0.3) is 50.5 Å². The van der Waals surface area contributed by atoms with Crippen molar-refractivity contribution < 1.29 is 4.42 Å². The molecule has 266 valence electrons. The van der Waals surface area contributed by atoms with Crippen LogP contribution in [-0.4, -0.2) is 10.3 Å². The van der Waals surface area contributed by atoms with Crippen molar-refractivity contribution in [3.63, 3.8) is 0 Å². The van der Waals surface area contributed by atoms with E-state index in [1.165, 1.54) is 48.6 Å². The van der Waals surface area contributed by atoms with E-state index in [0.717, 1.165) is 65.0 Å². The van der Waals surface area contributed by atoms with Gasteiger partial charge in [0.15, 0.2) is 0 Å². The number of hydrogen-bond donors (Lipinski definition) is 0. The smallest absolute Gasteiger partial charge is 0.137 e. The van der Waals surface area contributed by atoms with Crippen molar-refractivity contribution in [2.45, 2.75) is 37.6 Å². The average molecular weight is 721 g/mol. The van der Waals surface area contributed by atoms with Gasteiger partial charge in [-0.25, -0.2) is 0 Å². The van der Waals surface area contributed by atoms with Crippen molar-refractivity contribution in [3.05, 3.63) is 192 Å². The van der Waals surface area contributed by atoms with Crippen molar-refractivity contribution in [2.24, 2.45) is 0 Å². The molecule has 54 heavy (non-hydrogen) atoms. The SMILES string of the molecule is C=C/C=C(\CCn1c2ccccc2c2cc(N(C(/C=C\CSc3ccccc3C)=C/C=C)c3cccc4oc5c(c34)=CCCC=5)ccc21)c1ccccc1. The fourth-order valence-electron chi connectivity index (χ4n) is 7.70. The summed E-state index contributed by atoms with van der Waals surface area (Å²) in [5.41, 5.74) is 11.3. The number of rotatable bonds is 13. The molecule has 1 aliphatic rings. The fourth-order valence-corrected chi connectivity index (χ4v) is 8.55. The van der Waals surface area contributed by atoms with Gasteiger partial charge in [-0.1, -0.05) is 116 Å². The molecule has 0 saturated carbocycles. The lowest BCUT2D eigenvalue weighted by Crippen LogP contribution is -2.24. The maximum Gasteiger partial charge on any atom is 0.137 e. The molecule has 3 nitrogen and oxygen atoms in total. The number of anilines is 2. The van der Waals surface area contributed by atoms with Crippen molar-refractivity contribution in [1.29, 1.82) is 0 Å². The largest absolute Gasteiger partial charge is 0.456 e. The second kappa shape index (κ2) is 16.0. The molecule has 5 aromatic carbocycles. The Labute approximate surface area is 321 Å². The summed E-state index contributed by atoms with van der Waals surface area (Å²) in [7, 11) is 0. The highest BCUT2D eigenvalue weighted by Gasteiger charge is 2.21. The van der Waals surface area contributed by atoms with E-state index in [0.29, 0.717) is 0 Å². The van der Waals surface area contributed by atoms with Crippen LogP contribution in [0.1, 0.15) is 30.4 Å². The topological polar surface area (TPSA) is 21.3 Å². The summed E-state index contributed by atoms with van der Waals surface area (Å²) in [5.74, 6) is 0.846. The Kier molecular flexibility index (Phi) is 10.4. The highest BCUT2D eigenvalue weighted by molar-refractivity contribution is 7.99. The lowest BCUT2D eigenvalue weighted by atomic mass is 10.0. The monoisotopic (exact) mass is 720 g/mol. The first-order valence-electron chi connectivity index (χ1n) is 18.7. The molecule has 0 aliphatic heterocycles. The number of nitrogens with zero attached hydrogens (tertiary/aromatic N) is 2. The Balaban J connectivity index is 1.25. The van der Waals surface area contributed by atoms with E-state index in [-0.39, 0.29) is 0 Å². The fraction of sp³-hybridized carbons (Fsp3) is 0.120. The summed E-state index contributed by atoms with van der Waals surface area (Å²) in [5, 5.41) is 4.77. The minimum atomic E-state index is 0.845. The molecule has 0 fully saturated rings. The van der Waals surface area contributed by atoms with Crippen LogP contribution in [-0.2, 0) is 6.54 Å². The molecule has 0 amide bonds. The molecule has 0 N–H and O–H groups in total. The van der Waals surface area contributed by atoms with Crippen LogP contribution >= 0.6 is 11.8 Å². The van der Waals surface area contributed by atoms with Gasteiger partial charge in [0.1, 0.15) is 11.0 Å². The van der Waals surface area contributed by atoms with Gasteiger partial charge in [-0.15, -0.1) is 11.8 Å². The third-order valence-corrected chi connectivity index (χ3v) is 11.3. The summed E-state index contributed by atoms with van der Waals surface area (Å²) >= 11 is 1.85. The Morgan fingerprint density at radius 2 is 1.57 bits per heavy atom. The molecule has 0 saturated heterocycles. The number of aromatic nitrogens is 1. The molecule has 0 atom stereocenters. The second-order valence-electron chi connectivity index (χ2n) is 13.6. The number of allylic oxidation sites excluding steroid dienone is 6. The summed E-state index contributed by atoms with van der Waals surface area (Å²) in [4.78, 5) is 3.68. The number of hydrogen-bond acceptors (Lipinski definition) is 3. The van der Waals surface area contributed by atoms with E-state index in [9.17, 15) is 0 Å². The molecular weight excluding hydrogens is 677 g/mol. The molecule has 0 radical (unpaired) electrons. The molecule has 0 unspecified atom stereocenters. The van der Waals surface area contributed by atoms with Crippen LogP contribution in [0, 0.1) is 6.92 Å². The predicted octanol–water partition coefficient (Wildman–Crippen LogP) is 12.4. The Hall–Kier alpha value is -5.97. The highest BCUT2D eigenvalue weighted by atomic mass is 32.2. The van der Waals surface area contributed by atoms with Gasteiger partial charge < -0.3 is 13.9 Å². The zero-order valence-electron chi connectivity index (χ0n) is 30.7. The van der Waals surface area contributed by atoms with Crippen molar-refractivity contribution >= 4 is 73.6 Å². The van der Waals surface area contributed by atoms with Gasteiger partial charge in [0.25, 0.3) is 0 Å². The van der Waals surface area contributed by atoms with Gasteiger partial charge in [-0.2, -0.15) is 0 Å². The number of benzene rings is 5. The first kappa shape index (κ1) is 35.1. The van der Waals surface area contributed by atoms with Gasteiger partial charge in [0.2, 0.25) is 0 Å². The Morgan fingerprint density at radius 1 is 0.796 bits per heavy atom. The van der Waals surface area contributed by atoms with Crippen LogP contribution < -0.4 is 15.5 Å². The summed E-state index contributed by atoms with van der Waals surface area (Å²) in [6.07, 6.45) is 20.0. The number of furan rings is 1. The molecule has 8 rings (SSSR count). The van der Waals surface area contributed by atoms with Crippen molar-refractivity contribution in [2.75, 3.05) is 10.7 Å². The minimum absolute atomic E-state index is 0.845. The normalized spacial score (nSPS) is 13.3. The Morgan fingerprint density at radius 3 is 2.43 bits per heavy atom. The van der Waals surface area contributed by atoms with E-state index in [1.807, 2.05) is 23.9 Å². The zero-order chi connectivity index (χ0) is 36.9. The molecule has 0 spiro atoms. The first-order chi connectivity index (χ1) is 26.6. The van der Waals surface area contributed by atoms with Crippen LogP contribution in [0.2, 0.25) is 0 Å². The molecule has 2 heterocycles. The van der Waals surface area contributed by atoms with Gasteiger partial charge in [0, 0.05) is 55.6 Å². The van der Waals surface area contributed by atoms with E-state index < -0.39 is 0 Å². The van der Waals surface area contributed by atoms with Crippen molar-refractivity contribution in [1.82, 2.24) is 4.57 Å². The number of para-hydroxylation sites is 1. The highest BCUT2D eigenvalue weighted by Crippen LogP contribution is 2.39. The number of fused-ring (bicyclic) bond motifs is 6. The van der Waals surface area contributed by atoms with E-state index >= 15 is 0 Å². The van der Waals surface area contributed by atoms with Gasteiger partial charge in [-0.3, -0.25) is 0 Å². The maximum absolute atomic E-state index is 6.45. The third-order valence-electron chi connectivity index (χ3n) is 10.2. The van der Waals surface area contributed by atoms with Crippen LogP contribution in [0.5, 0.6) is 0 Å². The lowest BCUT2D eigenvalue weighted by molar-refractivity contribution is 0.572. The standard InChI is InChI=1S/C50H44N2OS/c1-4-17-37(38-20-7-6-8-21-38)32-33-51-44-25-12-10-23-41(44)43-35-40(30-31-45(43)51)52(39(18-5-2)22-16-34-54-49-29-14-9-19-36(49)3)46-26-15-28-48-50(46)42-24-11-13-27-47(42)53-48/h4-10,12,14-31,35H,1-2,11,13,32-34H2,3H3/b22-16-,37-17+,39-18+. The number of thioether (sulfide) groups is 1. The summed E-state index contributed by atoms with van der Waals surface area (Å²) in [6.45, 7) is 11.2. The van der Waals surface area contributed by atoms with Crippen molar-refractivity contribution in [3.8, 4) is 0 Å². The molecule has 1 aliphatic carbocycles. The molecule has 2 aromatic heterocycles. The Bertz CT molecular complexity index is 2720. The molecule has 4 heteroatoms. The van der Waals surface area contributed by atoms with Gasteiger partial charge in [-0.05, 0) is 104 Å². The third kappa shape index (κ3) is 6.93. The van der Waals surface area contributed by atoms with E-state index in [1.54, 1.807) is 0 Å². The lowest BCUT2D eigenvalue weighted by Gasteiger charge is -2.27. The minimum Gasteiger partial charge on any atom is -0.456 e. The van der Waals surface area contributed by atoms with E-state index in [2.05, 4.69) is 181 Å². The quantitative estimate of drug-likeness (QED) is 0.0874. The molecule has 0 bridgehead atoms. The molecular formula is C50H44N2OS. The van der Waals surface area contributed by atoms with Crippen LogP contribution in [0.15, 0.2) is 180 Å².